The molecule has 0 saturated carbocycles. The molecular formula is C21H24FN3O2. The van der Waals surface area contributed by atoms with E-state index in [4.69, 9.17) is 0 Å². The fourth-order valence-electron chi connectivity index (χ4n) is 3.03. The summed E-state index contributed by atoms with van der Waals surface area (Å²) < 4.78 is 13.4. The minimum atomic E-state index is -0.298. The van der Waals surface area contributed by atoms with E-state index < -0.39 is 0 Å². The van der Waals surface area contributed by atoms with Crippen molar-refractivity contribution in [3.63, 3.8) is 0 Å². The summed E-state index contributed by atoms with van der Waals surface area (Å²) in [6.07, 6.45) is 0.840. The zero-order valence-electron chi connectivity index (χ0n) is 15.6. The Morgan fingerprint density at radius 1 is 1.15 bits per heavy atom. The van der Waals surface area contributed by atoms with Crippen LogP contribution >= 0.6 is 0 Å². The van der Waals surface area contributed by atoms with E-state index in [2.05, 4.69) is 5.32 Å². The molecule has 1 saturated heterocycles. The number of anilines is 2. The maximum atomic E-state index is 13.4. The number of carbonyl (C=O) groups excluding carboxylic acids is 2. The number of nitrogens with one attached hydrogen (secondary N) is 1. The van der Waals surface area contributed by atoms with Crippen molar-refractivity contribution in [3.8, 4) is 0 Å². The predicted molar refractivity (Wildman–Crippen MR) is 104 cm³/mol. The van der Waals surface area contributed by atoms with Crippen LogP contribution in [0, 0.1) is 11.7 Å². The molecule has 1 N–H and O–H groups in total. The van der Waals surface area contributed by atoms with Crippen LogP contribution in [0.5, 0.6) is 0 Å². The van der Waals surface area contributed by atoms with Crippen molar-refractivity contribution in [2.75, 3.05) is 23.3 Å². The lowest BCUT2D eigenvalue weighted by molar-refractivity contribution is -0.118. The molecule has 3 rings (SSSR count). The number of urea groups is 1. The molecule has 0 spiro atoms. The number of nitrogens with zero attached hydrogens (tertiary/aromatic N) is 2. The number of hydrogen-bond donors (Lipinski definition) is 1. The minimum absolute atomic E-state index is 0.0435. The van der Waals surface area contributed by atoms with Crippen LogP contribution in [0.1, 0.15) is 25.8 Å². The third-order valence-electron chi connectivity index (χ3n) is 4.54. The van der Waals surface area contributed by atoms with Crippen molar-refractivity contribution in [2.24, 2.45) is 5.92 Å². The van der Waals surface area contributed by atoms with Crippen LogP contribution < -0.4 is 10.2 Å². The first-order valence-corrected chi connectivity index (χ1v) is 9.16. The molecule has 1 aliphatic heterocycles. The summed E-state index contributed by atoms with van der Waals surface area (Å²) in [6, 6.07) is 13.5. The molecule has 27 heavy (non-hydrogen) atoms. The van der Waals surface area contributed by atoms with E-state index in [1.165, 1.54) is 12.1 Å². The summed E-state index contributed by atoms with van der Waals surface area (Å²) in [5, 5.41) is 2.84. The molecule has 0 aromatic heterocycles. The summed E-state index contributed by atoms with van der Waals surface area (Å²) in [7, 11) is 0. The normalized spacial score (nSPS) is 14.6. The molecule has 2 aromatic rings. The second-order valence-electron chi connectivity index (χ2n) is 7.03. The lowest BCUT2D eigenvalue weighted by Gasteiger charge is -2.35. The van der Waals surface area contributed by atoms with Crippen molar-refractivity contribution in [3.05, 3.63) is 59.9 Å². The van der Waals surface area contributed by atoms with Gasteiger partial charge in [-0.3, -0.25) is 9.69 Å². The minimum Gasteiger partial charge on any atom is -0.326 e. The quantitative estimate of drug-likeness (QED) is 0.856. The average Bonchev–Trinajstić information content (AvgIpc) is 2.64. The van der Waals surface area contributed by atoms with Gasteiger partial charge in [-0.25, -0.2) is 9.18 Å². The Morgan fingerprint density at radius 2 is 1.89 bits per heavy atom. The van der Waals surface area contributed by atoms with Gasteiger partial charge in [-0.05, 0) is 48.4 Å². The summed E-state index contributed by atoms with van der Waals surface area (Å²) in [5.41, 5.74) is 2.27. The van der Waals surface area contributed by atoms with Gasteiger partial charge in [0.1, 0.15) is 5.82 Å². The molecule has 0 unspecified atom stereocenters. The molecule has 0 radical (unpaired) electrons. The molecule has 6 heteroatoms. The Bertz CT molecular complexity index is 820. The fraction of sp³-hybridized carbons (Fsp3) is 0.333. The van der Waals surface area contributed by atoms with Gasteiger partial charge in [0.05, 0.1) is 0 Å². The Morgan fingerprint density at radius 3 is 2.56 bits per heavy atom. The third kappa shape index (κ3) is 4.64. The molecule has 0 bridgehead atoms. The highest BCUT2D eigenvalue weighted by Crippen LogP contribution is 2.23. The topological polar surface area (TPSA) is 52.7 Å². The number of benzene rings is 2. The van der Waals surface area contributed by atoms with Crippen LogP contribution in [-0.2, 0) is 11.3 Å². The van der Waals surface area contributed by atoms with Gasteiger partial charge in [0.25, 0.3) is 0 Å². The van der Waals surface area contributed by atoms with Crippen molar-refractivity contribution >= 4 is 23.3 Å². The molecule has 3 amide bonds. The number of rotatable bonds is 5. The summed E-state index contributed by atoms with van der Waals surface area (Å²) in [6.45, 7) is 5.34. The monoisotopic (exact) mass is 369 g/mol. The molecule has 1 heterocycles. The van der Waals surface area contributed by atoms with E-state index in [1.807, 2.05) is 32.0 Å². The van der Waals surface area contributed by atoms with E-state index in [9.17, 15) is 14.0 Å². The largest absolute Gasteiger partial charge is 0.326 e. The smallest absolute Gasteiger partial charge is 0.324 e. The molecule has 2 aromatic carbocycles. The Kier molecular flexibility index (Phi) is 5.74. The molecule has 142 valence electrons. The van der Waals surface area contributed by atoms with Gasteiger partial charge in [-0.15, -0.1) is 0 Å². The highest BCUT2D eigenvalue weighted by atomic mass is 19.1. The van der Waals surface area contributed by atoms with E-state index >= 15 is 0 Å². The molecule has 0 aliphatic carbocycles. The van der Waals surface area contributed by atoms with Crippen LogP contribution in [-0.4, -0.2) is 29.9 Å². The average molecular weight is 369 g/mol. The Hall–Kier alpha value is -2.89. The first-order chi connectivity index (χ1) is 12.9. The van der Waals surface area contributed by atoms with Crippen molar-refractivity contribution in [1.82, 2.24) is 4.90 Å². The van der Waals surface area contributed by atoms with Crippen LogP contribution in [0.15, 0.2) is 48.5 Å². The van der Waals surface area contributed by atoms with Crippen LogP contribution in [0.3, 0.4) is 0 Å². The summed E-state index contributed by atoms with van der Waals surface area (Å²) >= 11 is 0. The first kappa shape index (κ1) is 18.9. The van der Waals surface area contributed by atoms with Gasteiger partial charge >= 0.3 is 6.03 Å². The number of amides is 3. The van der Waals surface area contributed by atoms with Gasteiger partial charge in [-0.1, -0.05) is 26.0 Å². The van der Waals surface area contributed by atoms with Crippen molar-refractivity contribution < 1.29 is 14.0 Å². The maximum absolute atomic E-state index is 13.4. The van der Waals surface area contributed by atoms with Gasteiger partial charge < -0.3 is 10.2 Å². The summed E-state index contributed by atoms with van der Waals surface area (Å²) in [4.78, 5) is 28.1. The summed E-state index contributed by atoms with van der Waals surface area (Å²) in [5.74, 6) is -0.435. The number of carbonyl (C=O) groups is 2. The van der Waals surface area contributed by atoms with Gasteiger partial charge in [0.2, 0.25) is 5.91 Å². The standard InChI is InChI=1S/C21H24FN3O2/c1-15(2)20(26)23-18-7-9-19(10-8-18)25-12-4-11-24(21(25)27)14-16-5-3-6-17(22)13-16/h3,5-10,13,15H,4,11-12,14H2,1-2H3,(H,23,26). The molecule has 5 nitrogen and oxygen atoms in total. The van der Waals surface area contributed by atoms with Crippen molar-refractivity contribution in [2.45, 2.75) is 26.8 Å². The Labute approximate surface area is 158 Å². The van der Waals surface area contributed by atoms with E-state index in [-0.39, 0.29) is 23.7 Å². The predicted octanol–water partition coefficient (Wildman–Crippen LogP) is 4.25. The highest BCUT2D eigenvalue weighted by molar-refractivity contribution is 5.94. The first-order valence-electron chi connectivity index (χ1n) is 9.16. The van der Waals surface area contributed by atoms with Crippen molar-refractivity contribution in [1.29, 1.82) is 0 Å². The molecular weight excluding hydrogens is 345 g/mol. The van der Waals surface area contributed by atoms with Crippen LogP contribution in [0.4, 0.5) is 20.6 Å². The van der Waals surface area contributed by atoms with Gasteiger partial charge in [0, 0.05) is 36.9 Å². The second-order valence-corrected chi connectivity index (χ2v) is 7.03. The van der Waals surface area contributed by atoms with Crippen LogP contribution in [0.2, 0.25) is 0 Å². The zero-order chi connectivity index (χ0) is 19.4. The van der Waals surface area contributed by atoms with Crippen LogP contribution in [0.25, 0.3) is 0 Å². The zero-order valence-corrected chi connectivity index (χ0v) is 15.6. The molecule has 0 atom stereocenters. The molecule has 1 aliphatic rings. The van der Waals surface area contributed by atoms with E-state index in [1.54, 1.807) is 28.0 Å². The maximum Gasteiger partial charge on any atom is 0.324 e. The number of halogens is 1. The SMILES string of the molecule is CC(C)C(=O)Nc1ccc(N2CCCN(Cc3cccc(F)c3)C2=O)cc1. The molecule has 1 fully saturated rings. The number of hydrogen-bond acceptors (Lipinski definition) is 2. The highest BCUT2D eigenvalue weighted by Gasteiger charge is 2.26. The lowest BCUT2D eigenvalue weighted by Crippen LogP contribution is -2.49. The van der Waals surface area contributed by atoms with Gasteiger partial charge in [-0.2, -0.15) is 0 Å². The van der Waals surface area contributed by atoms with Gasteiger partial charge in [0.15, 0.2) is 0 Å². The second kappa shape index (κ2) is 8.20. The lowest BCUT2D eigenvalue weighted by atomic mass is 10.1. The van der Waals surface area contributed by atoms with E-state index in [0.717, 1.165) is 17.7 Å². The van der Waals surface area contributed by atoms with E-state index in [0.29, 0.717) is 25.3 Å². The Balaban J connectivity index is 1.69. The third-order valence-corrected chi connectivity index (χ3v) is 4.54. The fourth-order valence-corrected chi connectivity index (χ4v) is 3.03.